The topological polar surface area (TPSA) is 53.4 Å². The Kier molecular flexibility index (Phi) is 4.55. The van der Waals surface area contributed by atoms with Gasteiger partial charge in [-0.2, -0.15) is 5.10 Å². The number of likely N-dealkylation sites (tertiary alicyclic amines) is 1. The van der Waals surface area contributed by atoms with E-state index in [1.165, 1.54) is 18.4 Å². The van der Waals surface area contributed by atoms with E-state index in [2.05, 4.69) is 21.5 Å². The lowest BCUT2D eigenvalue weighted by atomic mass is 10.1. The van der Waals surface area contributed by atoms with Crippen molar-refractivity contribution in [2.24, 2.45) is 7.05 Å². The normalized spacial score (nSPS) is 23.7. The van der Waals surface area contributed by atoms with Crippen molar-refractivity contribution >= 4 is 5.91 Å². The lowest BCUT2D eigenvalue weighted by Gasteiger charge is -2.29. The van der Waals surface area contributed by atoms with Crippen LogP contribution in [0.1, 0.15) is 30.9 Å². The first kappa shape index (κ1) is 14.5. The molecule has 1 unspecified atom stereocenters. The average molecular weight is 291 g/mol. The van der Waals surface area contributed by atoms with Gasteiger partial charge in [0.15, 0.2) is 0 Å². The highest BCUT2D eigenvalue weighted by Gasteiger charge is 2.27. The number of rotatable bonds is 4. The number of aryl methyl sites for hydroxylation is 1. The standard InChI is InChI=1S/C15H25N5O/c1-18-12-13(11-17-18)14-3-2-7-19(14)8-4-15(21)20-9-5-16-6-10-20/h11-12,14,16H,2-10H2,1H3. The Morgan fingerprint density at radius 1 is 1.38 bits per heavy atom. The summed E-state index contributed by atoms with van der Waals surface area (Å²) in [5, 5.41) is 7.56. The van der Waals surface area contributed by atoms with E-state index in [9.17, 15) is 4.79 Å². The SMILES string of the molecule is Cn1cc(C2CCCN2CCC(=O)N2CCNCC2)cn1. The first-order valence-electron chi connectivity index (χ1n) is 7.95. The van der Waals surface area contributed by atoms with Crippen molar-refractivity contribution in [3.8, 4) is 0 Å². The van der Waals surface area contributed by atoms with Crippen molar-refractivity contribution in [1.82, 2.24) is 24.9 Å². The number of amides is 1. The molecule has 6 heteroatoms. The summed E-state index contributed by atoms with van der Waals surface area (Å²) in [4.78, 5) is 16.7. The average Bonchev–Trinajstić information content (AvgIpc) is 3.14. The maximum absolute atomic E-state index is 12.3. The molecular formula is C15H25N5O. The van der Waals surface area contributed by atoms with Crippen LogP contribution in [-0.4, -0.2) is 64.8 Å². The minimum atomic E-state index is 0.299. The third-order valence-corrected chi connectivity index (χ3v) is 4.56. The molecule has 2 fully saturated rings. The van der Waals surface area contributed by atoms with E-state index in [-0.39, 0.29) is 0 Å². The highest BCUT2D eigenvalue weighted by molar-refractivity contribution is 5.76. The predicted octanol–water partition coefficient (Wildman–Crippen LogP) is 0.379. The van der Waals surface area contributed by atoms with E-state index in [4.69, 9.17) is 0 Å². The van der Waals surface area contributed by atoms with Crippen LogP contribution in [0.4, 0.5) is 0 Å². The Morgan fingerprint density at radius 2 is 2.19 bits per heavy atom. The molecule has 2 aliphatic rings. The van der Waals surface area contributed by atoms with Gasteiger partial charge < -0.3 is 10.2 Å². The summed E-state index contributed by atoms with van der Waals surface area (Å²) in [6.45, 7) is 5.51. The van der Waals surface area contributed by atoms with E-state index in [1.54, 1.807) is 0 Å². The summed E-state index contributed by atoms with van der Waals surface area (Å²) in [6.07, 6.45) is 7.08. The van der Waals surface area contributed by atoms with Crippen LogP contribution in [0.2, 0.25) is 0 Å². The lowest BCUT2D eigenvalue weighted by molar-refractivity contribution is -0.132. The minimum Gasteiger partial charge on any atom is -0.340 e. The third-order valence-electron chi connectivity index (χ3n) is 4.56. The van der Waals surface area contributed by atoms with E-state index < -0.39 is 0 Å². The molecule has 1 amide bonds. The molecule has 0 saturated carbocycles. The summed E-state index contributed by atoms with van der Waals surface area (Å²) in [5.41, 5.74) is 1.28. The molecule has 1 atom stereocenters. The highest BCUT2D eigenvalue weighted by atomic mass is 16.2. The van der Waals surface area contributed by atoms with Crippen molar-refractivity contribution in [2.75, 3.05) is 39.3 Å². The summed E-state index contributed by atoms with van der Waals surface area (Å²) >= 11 is 0. The first-order valence-corrected chi connectivity index (χ1v) is 7.95. The fraction of sp³-hybridized carbons (Fsp3) is 0.733. The zero-order valence-corrected chi connectivity index (χ0v) is 12.8. The van der Waals surface area contributed by atoms with E-state index in [0.29, 0.717) is 18.4 Å². The lowest BCUT2D eigenvalue weighted by Crippen LogP contribution is -2.47. The van der Waals surface area contributed by atoms with Crippen LogP contribution in [0.25, 0.3) is 0 Å². The van der Waals surface area contributed by atoms with Crippen molar-refractivity contribution in [3.63, 3.8) is 0 Å². The molecule has 6 nitrogen and oxygen atoms in total. The van der Waals surface area contributed by atoms with Gasteiger partial charge in [0.2, 0.25) is 5.91 Å². The third kappa shape index (κ3) is 3.44. The zero-order valence-electron chi connectivity index (χ0n) is 12.8. The molecule has 3 heterocycles. The maximum atomic E-state index is 12.3. The molecule has 116 valence electrons. The number of hydrogen-bond acceptors (Lipinski definition) is 4. The second kappa shape index (κ2) is 6.58. The molecule has 21 heavy (non-hydrogen) atoms. The van der Waals surface area contributed by atoms with Crippen molar-refractivity contribution in [3.05, 3.63) is 18.0 Å². The Morgan fingerprint density at radius 3 is 2.90 bits per heavy atom. The molecule has 1 N–H and O–H groups in total. The van der Waals surface area contributed by atoms with Gasteiger partial charge in [-0.1, -0.05) is 0 Å². The molecule has 0 spiro atoms. The molecule has 0 aromatic carbocycles. The number of nitrogens with one attached hydrogen (secondary N) is 1. The molecule has 1 aromatic rings. The van der Waals surface area contributed by atoms with Crippen LogP contribution in [0.15, 0.2) is 12.4 Å². The number of hydrogen-bond donors (Lipinski definition) is 1. The number of nitrogens with zero attached hydrogens (tertiary/aromatic N) is 4. The Hall–Kier alpha value is -1.40. The van der Waals surface area contributed by atoms with Gasteiger partial charge in [-0.05, 0) is 19.4 Å². The number of carbonyl (C=O) groups excluding carboxylic acids is 1. The van der Waals surface area contributed by atoms with Gasteiger partial charge in [0.25, 0.3) is 0 Å². The summed E-state index contributed by atoms with van der Waals surface area (Å²) < 4.78 is 1.86. The summed E-state index contributed by atoms with van der Waals surface area (Å²) in [5.74, 6) is 0.299. The Labute approximate surface area is 126 Å². The Balaban J connectivity index is 1.53. The zero-order chi connectivity index (χ0) is 14.7. The second-order valence-electron chi connectivity index (χ2n) is 6.02. The molecule has 3 rings (SSSR count). The van der Waals surface area contributed by atoms with Crippen molar-refractivity contribution in [2.45, 2.75) is 25.3 Å². The molecule has 0 aliphatic carbocycles. The minimum absolute atomic E-state index is 0.299. The number of aromatic nitrogens is 2. The molecule has 0 bridgehead atoms. The largest absolute Gasteiger partial charge is 0.340 e. The van der Waals surface area contributed by atoms with Gasteiger partial charge in [-0.3, -0.25) is 14.4 Å². The van der Waals surface area contributed by atoms with E-state index in [1.807, 2.05) is 22.8 Å². The van der Waals surface area contributed by atoms with Gasteiger partial charge in [0.1, 0.15) is 0 Å². The quantitative estimate of drug-likeness (QED) is 0.871. The fourth-order valence-electron chi connectivity index (χ4n) is 3.40. The monoisotopic (exact) mass is 291 g/mol. The molecule has 1 aromatic heterocycles. The van der Waals surface area contributed by atoms with Gasteiger partial charge in [-0.25, -0.2) is 0 Å². The smallest absolute Gasteiger partial charge is 0.223 e. The molecular weight excluding hydrogens is 266 g/mol. The van der Waals surface area contributed by atoms with Crippen LogP contribution in [0, 0.1) is 0 Å². The first-order chi connectivity index (χ1) is 10.2. The van der Waals surface area contributed by atoms with Gasteiger partial charge >= 0.3 is 0 Å². The summed E-state index contributed by atoms with van der Waals surface area (Å²) in [7, 11) is 1.96. The van der Waals surface area contributed by atoms with Crippen LogP contribution < -0.4 is 5.32 Å². The summed E-state index contributed by atoms with van der Waals surface area (Å²) in [6, 6.07) is 0.439. The van der Waals surface area contributed by atoms with Crippen LogP contribution in [-0.2, 0) is 11.8 Å². The van der Waals surface area contributed by atoms with Crippen molar-refractivity contribution < 1.29 is 4.79 Å². The van der Waals surface area contributed by atoms with Gasteiger partial charge in [0, 0.05) is 64.0 Å². The Bertz CT molecular complexity index is 480. The van der Waals surface area contributed by atoms with Gasteiger partial charge in [0.05, 0.1) is 6.20 Å². The number of piperazine rings is 1. The van der Waals surface area contributed by atoms with E-state index in [0.717, 1.165) is 39.3 Å². The fourth-order valence-corrected chi connectivity index (χ4v) is 3.40. The predicted molar refractivity (Wildman–Crippen MR) is 80.8 cm³/mol. The number of carbonyl (C=O) groups is 1. The van der Waals surface area contributed by atoms with Crippen molar-refractivity contribution in [1.29, 1.82) is 0 Å². The molecule has 0 radical (unpaired) electrons. The molecule has 2 aliphatic heterocycles. The van der Waals surface area contributed by atoms with Gasteiger partial charge in [-0.15, -0.1) is 0 Å². The van der Waals surface area contributed by atoms with E-state index >= 15 is 0 Å². The van der Waals surface area contributed by atoms with Crippen LogP contribution in [0.5, 0.6) is 0 Å². The van der Waals surface area contributed by atoms with Crippen LogP contribution >= 0.6 is 0 Å². The maximum Gasteiger partial charge on any atom is 0.223 e. The molecule has 2 saturated heterocycles. The highest BCUT2D eigenvalue weighted by Crippen LogP contribution is 2.31. The van der Waals surface area contributed by atoms with Crippen LogP contribution in [0.3, 0.4) is 0 Å². The second-order valence-corrected chi connectivity index (χ2v) is 6.02.